The molecule has 94 valence electrons. The number of aromatic nitrogens is 2. The molecule has 0 unspecified atom stereocenters. The van der Waals surface area contributed by atoms with Crippen molar-refractivity contribution in [2.45, 2.75) is 6.92 Å². The summed E-state index contributed by atoms with van der Waals surface area (Å²) in [6.07, 6.45) is 0. The van der Waals surface area contributed by atoms with Gasteiger partial charge in [0, 0.05) is 10.5 Å². The number of nitrogen functional groups attached to an aromatic ring is 2. The van der Waals surface area contributed by atoms with Crippen LogP contribution in [0.25, 0.3) is 0 Å². The van der Waals surface area contributed by atoms with Crippen LogP contribution in [0.3, 0.4) is 0 Å². The molecule has 0 aliphatic heterocycles. The van der Waals surface area contributed by atoms with E-state index in [4.69, 9.17) is 16.3 Å². The molecule has 2 rings (SSSR count). The number of hydrazine groups is 1. The fourth-order valence-corrected chi connectivity index (χ4v) is 1.62. The molecule has 0 radical (unpaired) electrons. The lowest BCUT2D eigenvalue weighted by atomic mass is 10.2. The van der Waals surface area contributed by atoms with Gasteiger partial charge in [0.1, 0.15) is 11.6 Å². The number of benzene rings is 1. The second-order valence-corrected chi connectivity index (χ2v) is 4.46. The van der Waals surface area contributed by atoms with E-state index in [1.165, 1.54) is 0 Å². The zero-order valence-corrected chi connectivity index (χ0v) is 11.2. The van der Waals surface area contributed by atoms with Gasteiger partial charge in [-0.3, -0.25) is 0 Å². The molecule has 0 bridgehead atoms. The molecule has 1 aromatic carbocycles. The maximum atomic E-state index is 5.59. The van der Waals surface area contributed by atoms with Crippen molar-refractivity contribution >= 4 is 27.7 Å². The summed E-state index contributed by atoms with van der Waals surface area (Å²) in [5.41, 5.74) is 8.99. The first-order valence-corrected chi connectivity index (χ1v) is 5.93. The maximum Gasteiger partial charge on any atom is 0.226 e. The highest BCUT2D eigenvalue weighted by Crippen LogP contribution is 2.26. The number of nitrogens with two attached hydrogens (primary N) is 2. The standard InChI is InChI=1S/C11H12BrN5O/c1-6-4-7(2-3-8(6)12)18-10-5-9(17-14)15-11(13)16-10/h2-5H,14H2,1H3,(H3,13,15,16,17). The zero-order valence-electron chi connectivity index (χ0n) is 9.64. The van der Waals surface area contributed by atoms with Crippen LogP contribution in [0.5, 0.6) is 11.6 Å². The molecule has 0 amide bonds. The molecule has 0 saturated carbocycles. The van der Waals surface area contributed by atoms with Gasteiger partial charge >= 0.3 is 0 Å². The third-order valence-electron chi connectivity index (χ3n) is 2.22. The average molecular weight is 310 g/mol. The number of halogens is 1. The Hall–Kier alpha value is -1.86. The Morgan fingerprint density at radius 1 is 1.28 bits per heavy atom. The summed E-state index contributed by atoms with van der Waals surface area (Å²) in [7, 11) is 0. The highest BCUT2D eigenvalue weighted by atomic mass is 79.9. The molecule has 5 N–H and O–H groups in total. The first-order valence-electron chi connectivity index (χ1n) is 5.13. The van der Waals surface area contributed by atoms with E-state index >= 15 is 0 Å². The van der Waals surface area contributed by atoms with Crippen molar-refractivity contribution in [3.8, 4) is 11.6 Å². The Kier molecular flexibility index (Phi) is 3.63. The lowest BCUT2D eigenvalue weighted by Crippen LogP contribution is -2.10. The Bertz CT molecular complexity index is 575. The van der Waals surface area contributed by atoms with Crippen molar-refractivity contribution in [2.24, 2.45) is 5.84 Å². The van der Waals surface area contributed by atoms with Gasteiger partial charge < -0.3 is 15.9 Å². The fourth-order valence-electron chi connectivity index (χ4n) is 1.37. The number of hydrogen-bond acceptors (Lipinski definition) is 6. The van der Waals surface area contributed by atoms with Crippen molar-refractivity contribution < 1.29 is 4.74 Å². The lowest BCUT2D eigenvalue weighted by Gasteiger charge is -2.08. The van der Waals surface area contributed by atoms with Crippen LogP contribution in [0.1, 0.15) is 5.56 Å². The fraction of sp³-hybridized carbons (Fsp3) is 0.0909. The second-order valence-electron chi connectivity index (χ2n) is 3.61. The van der Waals surface area contributed by atoms with E-state index in [9.17, 15) is 0 Å². The highest BCUT2D eigenvalue weighted by Gasteiger charge is 2.05. The summed E-state index contributed by atoms with van der Waals surface area (Å²) in [6, 6.07) is 7.17. The predicted octanol–water partition coefficient (Wildman–Crippen LogP) is 2.21. The van der Waals surface area contributed by atoms with Crippen LogP contribution in [0, 0.1) is 6.92 Å². The molecule has 1 heterocycles. The van der Waals surface area contributed by atoms with Crippen molar-refractivity contribution in [3.05, 3.63) is 34.3 Å². The Balaban J connectivity index is 2.27. The third-order valence-corrected chi connectivity index (χ3v) is 3.11. The van der Waals surface area contributed by atoms with Gasteiger partial charge in [-0.2, -0.15) is 9.97 Å². The summed E-state index contributed by atoms with van der Waals surface area (Å²) >= 11 is 3.42. The molecule has 0 fully saturated rings. The first-order chi connectivity index (χ1) is 8.58. The van der Waals surface area contributed by atoms with Gasteiger partial charge in [-0.25, -0.2) is 5.84 Å². The van der Waals surface area contributed by atoms with Crippen LogP contribution in [-0.4, -0.2) is 9.97 Å². The zero-order chi connectivity index (χ0) is 13.1. The number of ether oxygens (including phenoxy) is 1. The number of rotatable bonds is 3. The van der Waals surface area contributed by atoms with Crippen molar-refractivity contribution in [1.29, 1.82) is 0 Å². The van der Waals surface area contributed by atoms with Crippen LogP contribution in [0.2, 0.25) is 0 Å². The number of hydrogen-bond donors (Lipinski definition) is 3. The van der Waals surface area contributed by atoms with Crippen LogP contribution in [0.4, 0.5) is 11.8 Å². The summed E-state index contributed by atoms with van der Waals surface area (Å²) < 4.78 is 6.61. The van der Waals surface area contributed by atoms with Crippen LogP contribution in [-0.2, 0) is 0 Å². The molecule has 0 saturated heterocycles. The second kappa shape index (κ2) is 5.19. The SMILES string of the molecule is Cc1cc(Oc2cc(NN)nc(N)n2)ccc1Br. The topological polar surface area (TPSA) is 99.1 Å². The maximum absolute atomic E-state index is 5.59. The van der Waals surface area contributed by atoms with Crippen molar-refractivity contribution in [2.75, 3.05) is 11.2 Å². The van der Waals surface area contributed by atoms with E-state index < -0.39 is 0 Å². The summed E-state index contributed by atoms with van der Waals surface area (Å²) in [4.78, 5) is 7.84. The molecule has 18 heavy (non-hydrogen) atoms. The molecule has 0 spiro atoms. The van der Waals surface area contributed by atoms with Crippen LogP contribution in [0.15, 0.2) is 28.7 Å². The minimum atomic E-state index is 0.0919. The van der Waals surface area contributed by atoms with Gasteiger partial charge in [-0.05, 0) is 30.7 Å². The number of anilines is 2. The molecule has 6 nitrogen and oxygen atoms in total. The van der Waals surface area contributed by atoms with E-state index in [0.717, 1.165) is 10.0 Å². The largest absolute Gasteiger partial charge is 0.439 e. The van der Waals surface area contributed by atoms with Crippen molar-refractivity contribution in [3.63, 3.8) is 0 Å². The average Bonchev–Trinajstić information content (AvgIpc) is 2.33. The molecule has 2 aromatic rings. The van der Waals surface area contributed by atoms with Crippen molar-refractivity contribution in [1.82, 2.24) is 9.97 Å². The molecule has 7 heteroatoms. The minimum Gasteiger partial charge on any atom is -0.439 e. The Labute approximate surface area is 112 Å². The van der Waals surface area contributed by atoms with E-state index in [0.29, 0.717) is 17.4 Å². The lowest BCUT2D eigenvalue weighted by molar-refractivity contribution is 0.462. The van der Waals surface area contributed by atoms with E-state index in [1.807, 2.05) is 25.1 Å². The van der Waals surface area contributed by atoms with E-state index in [-0.39, 0.29) is 5.95 Å². The van der Waals surface area contributed by atoms with Gasteiger partial charge in [0.15, 0.2) is 0 Å². The molecule has 0 atom stereocenters. The number of nitrogens with zero attached hydrogens (tertiary/aromatic N) is 2. The summed E-state index contributed by atoms with van der Waals surface area (Å²) in [5.74, 6) is 6.75. The molecular formula is C11H12BrN5O. The highest BCUT2D eigenvalue weighted by molar-refractivity contribution is 9.10. The summed E-state index contributed by atoms with van der Waals surface area (Å²) in [5, 5.41) is 0. The van der Waals surface area contributed by atoms with Crippen LogP contribution >= 0.6 is 15.9 Å². The molecular weight excluding hydrogens is 298 g/mol. The van der Waals surface area contributed by atoms with E-state index in [2.05, 4.69) is 31.3 Å². The Morgan fingerprint density at radius 3 is 2.72 bits per heavy atom. The van der Waals surface area contributed by atoms with Gasteiger partial charge in [0.2, 0.25) is 11.8 Å². The number of aryl methyl sites for hydroxylation is 1. The van der Waals surface area contributed by atoms with Crippen LogP contribution < -0.4 is 21.7 Å². The van der Waals surface area contributed by atoms with Gasteiger partial charge in [-0.15, -0.1) is 0 Å². The minimum absolute atomic E-state index is 0.0919. The number of nitrogens with one attached hydrogen (secondary N) is 1. The predicted molar refractivity (Wildman–Crippen MR) is 73.2 cm³/mol. The first kappa shape index (κ1) is 12.6. The molecule has 0 aliphatic carbocycles. The Morgan fingerprint density at radius 2 is 2.06 bits per heavy atom. The smallest absolute Gasteiger partial charge is 0.226 e. The third kappa shape index (κ3) is 2.88. The summed E-state index contributed by atoms with van der Waals surface area (Å²) in [6.45, 7) is 1.97. The monoisotopic (exact) mass is 309 g/mol. The van der Waals surface area contributed by atoms with E-state index in [1.54, 1.807) is 6.07 Å². The van der Waals surface area contributed by atoms with Gasteiger partial charge in [-0.1, -0.05) is 15.9 Å². The molecule has 0 aliphatic rings. The van der Waals surface area contributed by atoms with Gasteiger partial charge in [0.05, 0.1) is 0 Å². The normalized spacial score (nSPS) is 10.2. The molecule has 1 aromatic heterocycles. The van der Waals surface area contributed by atoms with Gasteiger partial charge in [0.25, 0.3) is 0 Å². The quantitative estimate of drug-likeness (QED) is 0.594.